The van der Waals surface area contributed by atoms with E-state index in [1.54, 1.807) is 12.1 Å². The molecule has 1 heterocycles. The Labute approximate surface area is 86.9 Å². The molecule has 1 aliphatic rings. The number of fused-ring (bicyclic) bond motifs is 1. The van der Waals surface area contributed by atoms with Crippen molar-refractivity contribution in [2.75, 3.05) is 5.32 Å². The fraction of sp³-hybridized carbons (Fsp3) is 0.273. The van der Waals surface area contributed by atoms with E-state index in [0.29, 0.717) is 11.3 Å². The van der Waals surface area contributed by atoms with E-state index in [1.807, 2.05) is 13.0 Å². The van der Waals surface area contributed by atoms with Crippen molar-refractivity contribution in [1.82, 2.24) is 0 Å². The molecule has 4 nitrogen and oxygen atoms in total. The van der Waals surface area contributed by atoms with Gasteiger partial charge >= 0.3 is 5.97 Å². The molecule has 1 amide bonds. The molecule has 1 unspecified atom stereocenters. The van der Waals surface area contributed by atoms with Crippen molar-refractivity contribution >= 4 is 17.6 Å². The van der Waals surface area contributed by atoms with E-state index in [1.165, 1.54) is 0 Å². The molecule has 0 aliphatic carbocycles. The second-order valence-electron chi connectivity index (χ2n) is 3.73. The van der Waals surface area contributed by atoms with Crippen LogP contribution in [0.3, 0.4) is 0 Å². The lowest BCUT2D eigenvalue weighted by Crippen LogP contribution is -2.27. The first-order valence-electron chi connectivity index (χ1n) is 4.71. The Morgan fingerprint density at radius 1 is 1.53 bits per heavy atom. The molecule has 1 aromatic rings. The van der Waals surface area contributed by atoms with E-state index in [2.05, 4.69) is 5.32 Å². The predicted molar refractivity (Wildman–Crippen MR) is 54.8 cm³/mol. The van der Waals surface area contributed by atoms with Crippen LogP contribution in [0.5, 0.6) is 0 Å². The van der Waals surface area contributed by atoms with Crippen LogP contribution >= 0.6 is 0 Å². The van der Waals surface area contributed by atoms with Gasteiger partial charge in [-0.2, -0.15) is 0 Å². The highest BCUT2D eigenvalue weighted by atomic mass is 16.4. The molecule has 2 N–H and O–H groups in total. The summed E-state index contributed by atoms with van der Waals surface area (Å²) in [4.78, 5) is 22.2. The zero-order valence-electron chi connectivity index (χ0n) is 8.28. The molecule has 0 saturated heterocycles. The number of aliphatic carboxylic acids is 1. The Kier molecular flexibility index (Phi) is 2.19. The number of hydrogen-bond acceptors (Lipinski definition) is 2. The normalized spacial score (nSPS) is 19.3. The van der Waals surface area contributed by atoms with Crippen molar-refractivity contribution in [2.45, 2.75) is 19.3 Å². The SMILES string of the molecule is Cc1ccc2c(c1)NC(=O)CC2C(=O)O. The van der Waals surface area contributed by atoms with E-state index in [9.17, 15) is 9.59 Å². The summed E-state index contributed by atoms with van der Waals surface area (Å²) >= 11 is 0. The van der Waals surface area contributed by atoms with Crippen molar-refractivity contribution in [3.05, 3.63) is 29.3 Å². The summed E-state index contributed by atoms with van der Waals surface area (Å²) in [6, 6.07) is 5.41. The first kappa shape index (κ1) is 9.71. The van der Waals surface area contributed by atoms with Crippen LogP contribution in [0.4, 0.5) is 5.69 Å². The maximum Gasteiger partial charge on any atom is 0.311 e. The summed E-state index contributed by atoms with van der Waals surface area (Å²) in [5.74, 6) is -1.90. The zero-order chi connectivity index (χ0) is 11.0. The fourth-order valence-electron chi connectivity index (χ4n) is 1.80. The molecule has 1 aliphatic heterocycles. The molecule has 0 radical (unpaired) electrons. The zero-order valence-corrected chi connectivity index (χ0v) is 8.28. The van der Waals surface area contributed by atoms with Gasteiger partial charge in [-0.1, -0.05) is 12.1 Å². The van der Waals surface area contributed by atoms with Crippen LogP contribution in [-0.2, 0) is 9.59 Å². The monoisotopic (exact) mass is 205 g/mol. The van der Waals surface area contributed by atoms with E-state index in [0.717, 1.165) is 5.56 Å². The van der Waals surface area contributed by atoms with Crippen molar-refractivity contribution < 1.29 is 14.7 Å². The lowest BCUT2D eigenvalue weighted by molar-refractivity contribution is -0.140. The Morgan fingerprint density at radius 2 is 2.27 bits per heavy atom. The fourth-order valence-corrected chi connectivity index (χ4v) is 1.80. The summed E-state index contributed by atoms with van der Waals surface area (Å²) in [7, 11) is 0. The maximum absolute atomic E-state index is 11.3. The minimum atomic E-state index is -0.949. The van der Waals surface area contributed by atoms with Gasteiger partial charge in [0.1, 0.15) is 0 Å². The molecule has 2 rings (SSSR count). The van der Waals surface area contributed by atoms with Crippen LogP contribution in [0, 0.1) is 6.92 Å². The third kappa shape index (κ3) is 1.70. The van der Waals surface area contributed by atoms with E-state index in [4.69, 9.17) is 5.11 Å². The standard InChI is InChI=1S/C11H11NO3/c1-6-2-3-7-8(11(14)15)5-10(13)12-9(7)4-6/h2-4,8H,5H2,1H3,(H,12,13)(H,14,15). The Hall–Kier alpha value is -1.84. The summed E-state index contributed by atoms with van der Waals surface area (Å²) in [6.07, 6.45) is 0.0192. The highest BCUT2D eigenvalue weighted by Gasteiger charge is 2.30. The average Bonchev–Trinajstić information content (AvgIpc) is 2.15. The number of carbonyl (C=O) groups is 2. The van der Waals surface area contributed by atoms with Crippen molar-refractivity contribution in [3.8, 4) is 0 Å². The number of amides is 1. The number of rotatable bonds is 1. The van der Waals surface area contributed by atoms with Crippen molar-refractivity contribution in [1.29, 1.82) is 0 Å². The summed E-state index contributed by atoms with van der Waals surface area (Å²) < 4.78 is 0. The van der Waals surface area contributed by atoms with Gasteiger partial charge < -0.3 is 10.4 Å². The number of aryl methyl sites for hydroxylation is 1. The molecule has 1 aromatic carbocycles. The molecule has 0 saturated carbocycles. The number of carboxylic acid groups (broad SMARTS) is 1. The van der Waals surface area contributed by atoms with Crippen LogP contribution in [0.25, 0.3) is 0 Å². The number of nitrogens with one attached hydrogen (secondary N) is 1. The smallest absolute Gasteiger partial charge is 0.311 e. The van der Waals surface area contributed by atoms with E-state index in [-0.39, 0.29) is 12.3 Å². The van der Waals surface area contributed by atoms with Gasteiger partial charge in [0.05, 0.1) is 5.92 Å². The molecule has 1 atom stereocenters. The molecule has 0 fully saturated rings. The lowest BCUT2D eigenvalue weighted by atomic mass is 9.90. The average molecular weight is 205 g/mol. The molecule has 4 heteroatoms. The van der Waals surface area contributed by atoms with Crippen LogP contribution in [0.15, 0.2) is 18.2 Å². The first-order chi connectivity index (χ1) is 7.08. The Morgan fingerprint density at radius 3 is 2.93 bits per heavy atom. The van der Waals surface area contributed by atoms with Gasteiger partial charge in [-0.3, -0.25) is 9.59 Å². The number of benzene rings is 1. The van der Waals surface area contributed by atoms with Gasteiger partial charge in [-0.25, -0.2) is 0 Å². The van der Waals surface area contributed by atoms with Gasteiger partial charge in [0.15, 0.2) is 0 Å². The van der Waals surface area contributed by atoms with Gasteiger partial charge in [0.2, 0.25) is 5.91 Å². The second kappa shape index (κ2) is 3.38. The number of hydrogen-bond donors (Lipinski definition) is 2. The Bertz CT molecular complexity index is 439. The van der Waals surface area contributed by atoms with Gasteiger partial charge in [0.25, 0.3) is 0 Å². The highest BCUT2D eigenvalue weighted by Crippen LogP contribution is 2.32. The third-order valence-electron chi connectivity index (χ3n) is 2.55. The van der Waals surface area contributed by atoms with Crippen LogP contribution in [0.1, 0.15) is 23.5 Å². The molecule has 15 heavy (non-hydrogen) atoms. The minimum absolute atomic E-state index is 0.0192. The largest absolute Gasteiger partial charge is 0.481 e. The summed E-state index contributed by atoms with van der Waals surface area (Å²) in [5, 5.41) is 11.7. The second-order valence-corrected chi connectivity index (χ2v) is 3.73. The van der Waals surface area contributed by atoms with Crippen LogP contribution in [0.2, 0.25) is 0 Å². The van der Waals surface area contributed by atoms with Gasteiger partial charge in [-0.05, 0) is 24.1 Å². The molecular weight excluding hydrogens is 194 g/mol. The van der Waals surface area contributed by atoms with Crippen molar-refractivity contribution in [2.24, 2.45) is 0 Å². The van der Waals surface area contributed by atoms with E-state index >= 15 is 0 Å². The first-order valence-corrected chi connectivity index (χ1v) is 4.71. The van der Waals surface area contributed by atoms with Gasteiger partial charge in [-0.15, -0.1) is 0 Å². The molecule has 0 spiro atoms. The maximum atomic E-state index is 11.3. The van der Waals surface area contributed by atoms with Crippen LogP contribution in [-0.4, -0.2) is 17.0 Å². The molecule has 0 aromatic heterocycles. The summed E-state index contributed by atoms with van der Waals surface area (Å²) in [5.41, 5.74) is 2.31. The molecular formula is C11H11NO3. The molecule has 78 valence electrons. The van der Waals surface area contributed by atoms with Crippen LogP contribution < -0.4 is 5.32 Å². The minimum Gasteiger partial charge on any atom is -0.481 e. The predicted octanol–water partition coefficient (Wildman–Crippen LogP) is 1.51. The highest BCUT2D eigenvalue weighted by molar-refractivity contribution is 5.99. The topological polar surface area (TPSA) is 66.4 Å². The number of carbonyl (C=O) groups excluding carboxylic acids is 1. The van der Waals surface area contributed by atoms with E-state index < -0.39 is 11.9 Å². The lowest BCUT2D eigenvalue weighted by Gasteiger charge is -2.22. The Balaban J connectivity index is 2.51. The number of carboxylic acids is 1. The summed E-state index contributed by atoms with van der Waals surface area (Å²) in [6.45, 7) is 1.90. The quantitative estimate of drug-likeness (QED) is 0.730. The van der Waals surface area contributed by atoms with Gasteiger partial charge in [0, 0.05) is 12.1 Å². The molecule has 0 bridgehead atoms. The third-order valence-corrected chi connectivity index (χ3v) is 2.55. The number of anilines is 1. The van der Waals surface area contributed by atoms with Crippen molar-refractivity contribution in [3.63, 3.8) is 0 Å².